The van der Waals surface area contributed by atoms with Crippen LogP contribution in [0.3, 0.4) is 0 Å². The maximum atomic E-state index is 2.43. The summed E-state index contributed by atoms with van der Waals surface area (Å²) in [5.41, 5.74) is 0. The third kappa shape index (κ3) is 1.39. The molecule has 0 bridgehead atoms. The molecule has 1 rings (SSSR count). The first kappa shape index (κ1) is 10.0. The van der Waals surface area contributed by atoms with Crippen molar-refractivity contribution in [3.63, 3.8) is 0 Å². The maximum absolute atomic E-state index is 2.43. The Hall–Kier alpha value is -0.0400. The van der Waals surface area contributed by atoms with Crippen molar-refractivity contribution in [2.24, 2.45) is 0 Å². The fourth-order valence-corrected chi connectivity index (χ4v) is 3.13. The molecule has 0 amide bonds. The summed E-state index contributed by atoms with van der Waals surface area (Å²) in [6.07, 6.45) is 4.32. The molecule has 0 aliphatic carbocycles. The van der Waals surface area contributed by atoms with Crippen LogP contribution in [-0.2, 0) is 0 Å². The van der Waals surface area contributed by atoms with Crippen molar-refractivity contribution in [2.75, 3.05) is 13.1 Å². The third-order valence-corrected chi connectivity index (χ3v) is 4.18. The molecule has 1 aliphatic heterocycles. The van der Waals surface area contributed by atoms with Crippen LogP contribution in [0.4, 0.5) is 0 Å². The Morgan fingerprint density at radius 1 is 1.00 bits per heavy atom. The Bertz CT molecular complexity index is 126. The minimum absolute atomic E-state index is 0.892. The van der Waals surface area contributed by atoms with Crippen molar-refractivity contribution in [1.82, 2.24) is 0 Å². The highest BCUT2D eigenvalue weighted by Crippen LogP contribution is 2.30. The molecule has 0 radical (unpaired) electrons. The average Bonchev–Trinajstić information content (AvgIpc) is 2.06. The molecule has 1 fully saturated rings. The van der Waals surface area contributed by atoms with Gasteiger partial charge in [-0.05, 0) is 47.0 Å². The first-order valence-corrected chi connectivity index (χ1v) is 5.53. The third-order valence-electron chi connectivity index (χ3n) is 4.18. The molecule has 0 aromatic carbocycles. The first-order valence-electron chi connectivity index (χ1n) is 5.53. The summed E-state index contributed by atoms with van der Waals surface area (Å²) in [7, 11) is 0. The van der Waals surface area contributed by atoms with Crippen LogP contribution in [0.15, 0.2) is 0 Å². The lowest BCUT2D eigenvalue weighted by molar-refractivity contribution is -0.972. The van der Waals surface area contributed by atoms with Crippen LogP contribution in [0.5, 0.6) is 0 Å². The smallest absolute Gasteiger partial charge is 0.0863 e. The SMILES string of the molecule is CC[N+]1(CC)[C@H](C)CCC[C@@H]1C. The molecule has 2 atom stereocenters. The molecule has 0 spiro atoms. The van der Waals surface area contributed by atoms with Crippen LogP contribution in [0.2, 0.25) is 0 Å². The van der Waals surface area contributed by atoms with Crippen LogP contribution in [-0.4, -0.2) is 29.7 Å². The number of nitrogens with zero attached hydrogens (tertiary/aromatic N) is 1. The van der Waals surface area contributed by atoms with E-state index in [1.807, 2.05) is 0 Å². The maximum Gasteiger partial charge on any atom is 0.0863 e. The predicted molar refractivity (Wildman–Crippen MR) is 54.1 cm³/mol. The van der Waals surface area contributed by atoms with E-state index in [0.29, 0.717) is 0 Å². The number of hydrogen-bond donors (Lipinski definition) is 0. The lowest BCUT2D eigenvalue weighted by Gasteiger charge is -2.50. The zero-order valence-electron chi connectivity index (χ0n) is 9.14. The molecule has 0 aromatic rings. The molecule has 0 aromatic heterocycles. The highest BCUT2D eigenvalue weighted by molar-refractivity contribution is 4.67. The molecule has 12 heavy (non-hydrogen) atoms. The quantitative estimate of drug-likeness (QED) is 0.559. The lowest BCUT2D eigenvalue weighted by atomic mass is 9.93. The number of piperidine rings is 1. The summed E-state index contributed by atoms with van der Waals surface area (Å²) in [5.74, 6) is 0. The van der Waals surface area contributed by atoms with E-state index in [-0.39, 0.29) is 0 Å². The highest BCUT2D eigenvalue weighted by atomic mass is 15.4. The fourth-order valence-electron chi connectivity index (χ4n) is 3.13. The molecular weight excluding hydrogens is 146 g/mol. The monoisotopic (exact) mass is 170 g/mol. The van der Waals surface area contributed by atoms with E-state index in [4.69, 9.17) is 0 Å². The molecule has 1 aliphatic rings. The summed E-state index contributed by atoms with van der Waals surface area (Å²) >= 11 is 0. The fraction of sp³-hybridized carbons (Fsp3) is 1.00. The summed E-state index contributed by atoms with van der Waals surface area (Å²) in [6.45, 7) is 12.2. The van der Waals surface area contributed by atoms with Crippen LogP contribution < -0.4 is 0 Å². The number of quaternary nitrogens is 1. The van der Waals surface area contributed by atoms with Crippen molar-refractivity contribution < 1.29 is 4.48 Å². The van der Waals surface area contributed by atoms with E-state index in [2.05, 4.69) is 27.7 Å². The second-order valence-corrected chi connectivity index (χ2v) is 4.36. The van der Waals surface area contributed by atoms with Gasteiger partial charge >= 0.3 is 0 Å². The van der Waals surface area contributed by atoms with Gasteiger partial charge in [-0.1, -0.05) is 0 Å². The Labute approximate surface area is 77.4 Å². The average molecular weight is 170 g/mol. The minimum atomic E-state index is 0.892. The van der Waals surface area contributed by atoms with E-state index in [1.165, 1.54) is 36.8 Å². The lowest BCUT2D eigenvalue weighted by Crippen LogP contribution is -2.61. The van der Waals surface area contributed by atoms with Crippen LogP contribution in [0.1, 0.15) is 47.0 Å². The van der Waals surface area contributed by atoms with Crippen LogP contribution >= 0.6 is 0 Å². The van der Waals surface area contributed by atoms with Gasteiger partial charge in [0.25, 0.3) is 0 Å². The minimum Gasteiger partial charge on any atom is -0.320 e. The van der Waals surface area contributed by atoms with Gasteiger partial charge in [-0.25, -0.2) is 0 Å². The van der Waals surface area contributed by atoms with Gasteiger partial charge in [-0.3, -0.25) is 0 Å². The van der Waals surface area contributed by atoms with E-state index >= 15 is 0 Å². The van der Waals surface area contributed by atoms with Gasteiger partial charge in [0.15, 0.2) is 0 Å². The van der Waals surface area contributed by atoms with E-state index in [9.17, 15) is 0 Å². The topological polar surface area (TPSA) is 0 Å². The zero-order valence-corrected chi connectivity index (χ0v) is 9.14. The van der Waals surface area contributed by atoms with Crippen molar-refractivity contribution in [1.29, 1.82) is 0 Å². The molecule has 1 saturated heterocycles. The van der Waals surface area contributed by atoms with Gasteiger partial charge in [0.05, 0.1) is 25.2 Å². The second kappa shape index (κ2) is 3.78. The van der Waals surface area contributed by atoms with Gasteiger partial charge in [0.1, 0.15) is 0 Å². The van der Waals surface area contributed by atoms with E-state index < -0.39 is 0 Å². The van der Waals surface area contributed by atoms with E-state index in [1.54, 1.807) is 0 Å². The Balaban J connectivity index is 2.77. The molecule has 1 heteroatoms. The zero-order chi connectivity index (χ0) is 9.19. The van der Waals surface area contributed by atoms with Crippen molar-refractivity contribution >= 4 is 0 Å². The van der Waals surface area contributed by atoms with Gasteiger partial charge in [-0.15, -0.1) is 0 Å². The summed E-state index contributed by atoms with van der Waals surface area (Å²) in [6, 6.07) is 1.78. The first-order chi connectivity index (χ1) is 5.67. The molecule has 0 unspecified atom stereocenters. The van der Waals surface area contributed by atoms with E-state index in [0.717, 1.165) is 12.1 Å². The molecule has 0 N–H and O–H groups in total. The Morgan fingerprint density at radius 3 is 1.67 bits per heavy atom. The number of likely N-dealkylation sites (tertiary alicyclic amines) is 1. The van der Waals surface area contributed by atoms with Gasteiger partial charge in [0.2, 0.25) is 0 Å². The standard InChI is InChI=1S/C11H24N/c1-5-12(6-2)10(3)8-7-9-11(12)4/h10-11H,5-9H2,1-4H3/q+1/t10-,11+. The molecule has 72 valence electrons. The molecule has 0 saturated carbocycles. The van der Waals surface area contributed by atoms with Crippen molar-refractivity contribution in [3.8, 4) is 0 Å². The predicted octanol–water partition coefficient (Wildman–Crippen LogP) is 2.80. The van der Waals surface area contributed by atoms with Crippen molar-refractivity contribution in [2.45, 2.75) is 59.0 Å². The highest BCUT2D eigenvalue weighted by Gasteiger charge is 2.38. The Morgan fingerprint density at radius 2 is 1.42 bits per heavy atom. The summed E-state index contributed by atoms with van der Waals surface area (Å²) in [4.78, 5) is 0. The largest absolute Gasteiger partial charge is 0.320 e. The summed E-state index contributed by atoms with van der Waals surface area (Å²) < 4.78 is 1.36. The molecule has 1 nitrogen and oxygen atoms in total. The van der Waals surface area contributed by atoms with Crippen LogP contribution in [0, 0.1) is 0 Å². The van der Waals surface area contributed by atoms with Gasteiger partial charge in [0, 0.05) is 0 Å². The normalized spacial score (nSPS) is 35.0. The van der Waals surface area contributed by atoms with Gasteiger partial charge in [-0.2, -0.15) is 0 Å². The molecular formula is C11H24N+. The number of rotatable bonds is 2. The Kier molecular flexibility index (Phi) is 3.16. The van der Waals surface area contributed by atoms with Crippen LogP contribution in [0.25, 0.3) is 0 Å². The molecule has 1 heterocycles. The summed E-state index contributed by atoms with van der Waals surface area (Å²) in [5, 5.41) is 0. The van der Waals surface area contributed by atoms with Crippen molar-refractivity contribution in [3.05, 3.63) is 0 Å². The second-order valence-electron chi connectivity index (χ2n) is 4.36. The van der Waals surface area contributed by atoms with Gasteiger partial charge < -0.3 is 4.48 Å². The number of hydrogen-bond acceptors (Lipinski definition) is 0.